The van der Waals surface area contributed by atoms with Crippen molar-refractivity contribution < 1.29 is 4.79 Å². The fourth-order valence-electron chi connectivity index (χ4n) is 2.54. The Kier molecular flexibility index (Phi) is 6.97. The predicted octanol–water partition coefficient (Wildman–Crippen LogP) is 1.81. The van der Waals surface area contributed by atoms with Crippen LogP contribution in [0.2, 0.25) is 0 Å². The van der Waals surface area contributed by atoms with Crippen molar-refractivity contribution in [2.45, 2.75) is 27.3 Å². The van der Waals surface area contributed by atoms with E-state index in [1.165, 1.54) is 0 Å². The number of carbonyl (C=O) groups excluding carboxylic acids is 1. The Hall–Kier alpha value is -3.08. The zero-order valence-corrected chi connectivity index (χ0v) is 15.4. The maximum absolute atomic E-state index is 11.9. The van der Waals surface area contributed by atoms with Gasteiger partial charge in [-0.15, -0.1) is 0 Å². The number of amides is 2. The molecular formula is C18H25N7O. The number of anilines is 1. The highest BCUT2D eigenvalue weighted by Crippen LogP contribution is 2.08. The Morgan fingerprint density at radius 1 is 1.35 bits per heavy atom. The summed E-state index contributed by atoms with van der Waals surface area (Å²) >= 11 is 0. The number of rotatable bonds is 8. The Balaban J connectivity index is 1.64. The van der Waals surface area contributed by atoms with Crippen LogP contribution in [-0.4, -0.2) is 40.4 Å². The first-order chi connectivity index (χ1) is 12.5. The van der Waals surface area contributed by atoms with Crippen LogP contribution in [0.3, 0.4) is 0 Å². The van der Waals surface area contributed by atoms with Crippen LogP contribution in [0.1, 0.15) is 23.9 Å². The van der Waals surface area contributed by atoms with Gasteiger partial charge in [0.2, 0.25) is 0 Å². The first-order valence-corrected chi connectivity index (χ1v) is 8.61. The lowest BCUT2D eigenvalue weighted by Gasteiger charge is -2.14. The maximum atomic E-state index is 11.9. The van der Waals surface area contributed by atoms with Crippen molar-refractivity contribution in [1.29, 1.82) is 5.26 Å². The molecule has 138 valence electrons. The number of nitrogens with zero attached hydrogens (tertiary/aromatic N) is 4. The Labute approximate surface area is 153 Å². The predicted molar refractivity (Wildman–Crippen MR) is 99.7 cm³/mol. The third-order valence-corrected chi connectivity index (χ3v) is 3.83. The van der Waals surface area contributed by atoms with Gasteiger partial charge in [-0.1, -0.05) is 6.92 Å². The molecule has 0 fully saturated rings. The van der Waals surface area contributed by atoms with Crippen molar-refractivity contribution >= 4 is 11.8 Å². The molecule has 8 nitrogen and oxygen atoms in total. The molecule has 0 aromatic carbocycles. The molecule has 0 aliphatic carbocycles. The number of nitriles is 1. The van der Waals surface area contributed by atoms with Gasteiger partial charge in [0, 0.05) is 38.1 Å². The highest BCUT2D eigenvalue weighted by molar-refractivity contribution is 5.73. The van der Waals surface area contributed by atoms with Gasteiger partial charge in [-0.25, -0.2) is 9.78 Å². The van der Waals surface area contributed by atoms with Gasteiger partial charge in [0.25, 0.3) is 0 Å². The second kappa shape index (κ2) is 9.42. The van der Waals surface area contributed by atoms with E-state index in [1.54, 1.807) is 18.3 Å². The van der Waals surface area contributed by atoms with Crippen molar-refractivity contribution in [3.8, 4) is 6.07 Å². The third-order valence-electron chi connectivity index (χ3n) is 3.83. The van der Waals surface area contributed by atoms with Crippen LogP contribution in [0.5, 0.6) is 0 Å². The number of hydrogen-bond acceptors (Lipinski definition) is 5. The molecule has 2 aromatic heterocycles. The van der Waals surface area contributed by atoms with Crippen molar-refractivity contribution in [3.63, 3.8) is 0 Å². The number of aromatic nitrogens is 3. The van der Waals surface area contributed by atoms with Crippen LogP contribution in [0.25, 0.3) is 0 Å². The fraction of sp³-hybridized carbons (Fsp3) is 0.444. The van der Waals surface area contributed by atoms with E-state index in [1.807, 2.05) is 24.6 Å². The molecule has 0 aliphatic heterocycles. The minimum Gasteiger partial charge on any atom is -0.367 e. The van der Waals surface area contributed by atoms with E-state index in [-0.39, 0.29) is 11.9 Å². The molecular weight excluding hydrogens is 330 g/mol. The van der Waals surface area contributed by atoms with E-state index < -0.39 is 0 Å². The summed E-state index contributed by atoms with van der Waals surface area (Å²) in [6.45, 7) is 8.31. The monoisotopic (exact) mass is 355 g/mol. The highest BCUT2D eigenvalue weighted by Gasteiger charge is 2.09. The Morgan fingerprint density at radius 2 is 2.15 bits per heavy atom. The molecule has 26 heavy (non-hydrogen) atoms. The van der Waals surface area contributed by atoms with Crippen LogP contribution < -0.4 is 16.0 Å². The number of aryl methyl sites for hydroxylation is 2. The van der Waals surface area contributed by atoms with Crippen molar-refractivity contribution in [2.75, 3.05) is 25.0 Å². The molecule has 1 unspecified atom stereocenters. The zero-order chi connectivity index (χ0) is 18.9. The third kappa shape index (κ3) is 5.77. The molecule has 0 bridgehead atoms. The number of nitrogens with one attached hydrogen (secondary N) is 3. The normalized spacial score (nSPS) is 11.5. The topological polar surface area (TPSA) is 108 Å². The van der Waals surface area contributed by atoms with E-state index in [0.29, 0.717) is 31.0 Å². The second-order valence-corrected chi connectivity index (χ2v) is 6.29. The van der Waals surface area contributed by atoms with Gasteiger partial charge in [0.15, 0.2) is 0 Å². The minimum absolute atomic E-state index is 0.214. The van der Waals surface area contributed by atoms with Crippen LogP contribution in [0.4, 0.5) is 10.6 Å². The van der Waals surface area contributed by atoms with Crippen LogP contribution in [-0.2, 0) is 6.54 Å². The van der Waals surface area contributed by atoms with Gasteiger partial charge in [-0.2, -0.15) is 10.4 Å². The first-order valence-electron chi connectivity index (χ1n) is 8.61. The Bertz CT molecular complexity index is 778. The van der Waals surface area contributed by atoms with Gasteiger partial charge in [0.1, 0.15) is 11.9 Å². The molecule has 2 heterocycles. The van der Waals surface area contributed by atoms with E-state index >= 15 is 0 Å². The quantitative estimate of drug-likeness (QED) is 0.626. The Morgan fingerprint density at radius 3 is 2.85 bits per heavy atom. The van der Waals surface area contributed by atoms with E-state index in [0.717, 1.165) is 17.9 Å². The van der Waals surface area contributed by atoms with E-state index in [9.17, 15) is 4.79 Å². The SMILES string of the molecule is Cc1cc(C)n(CC(C)CNC(=O)NCCNc2ncccc2C#N)n1. The van der Waals surface area contributed by atoms with E-state index in [4.69, 9.17) is 5.26 Å². The summed E-state index contributed by atoms with van der Waals surface area (Å²) in [7, 11) is 0. The van der Waals surface area contributed by atoms with Crippen LogP contribution in [0.15, 0.2) is 24.4 Å². The zero-order valence-electron chi connectivity index (χ0n) is 15.4. The highest BCUT2D eigenvalue weighted by atomic mass is 16.2. The summed E-state index contributed by atoms with van der Waals surface area (Å²) in [5, 5.41) is 22.1. The van der Waals surface area contributed by atoms with Gasteiger partial charge < -0.3 is 16.0 Å². The lowest BCUT2D eigenvalue weighted by molar-refractivity contribution is 0.238. The molecule has 0 radical (unpaired) electrons. The molecule has 8 heteroatoms. The van der Waals surface area contributed by atoms with Crippen molar-refractivity contribution in [1.82, 2.24) is 25.4 Å². The summed E-state index contributed by atoms with van der Waals surface area (Å²) in [6.07, 6.45) is 1.62. The number of urea groups is 1. The molecule has 1 atom stereocenters. The van der Waals surface area contributed by atoms with Gasteiger partial charge in [-0.05, 0) is 38.0 Å². The largest absolute Gasteiger partial charge is 0.367 e. The maximum Gasteiger partial charge on any atom is 0.314 e. The molecule has 0 saturated carbocycles. The first kappa shape index (κ1) is 19.2. The van der Waals surface area contributed by atoms with Gasteiger partial charge in [0.05, 0.1) is 11.3 Å². The average Bonchev–Trinajstić information content (AvgIpc) is 2.94. The lowest BCUT2D eigenvalue weighted by Crippen LogP contribution is -2.40. The molecule has 3 N–H and O–H groups in total. The van der Waals surface area contributed by atoms with Crippen LogP contribution in [0, 0.1) is 31.1 Å². The van der Waals surface area contributed by atoms with Crippen LogP contribution >= 0.6 is 0 Å². The molecule has 0 spiro atoms. The number of pyridine rings is 1. The number of hydrogen-bond donors (Lipinski definition) is 3. The average molecular weight is 355 g/mol. The minimum atomic E-state index is -0.214. The molecule has 2 aromatic rings. The molecule has 0 saturated heterocycles. The molecule has 0 aliphatic rings. The summed E-state index contributed by atoms with van der Waals surface area (Å²) in [4.78, 5) is 16.0. The van der Waals surface area contributed by atoms with Gasteiger partial charge in [-0.3, -0.25) is 4.68 Å². The number of carbonyl (C=O) groups is 1. The second-order valence-electron chi connectivity index (χ2n) is 6.29. The standard InChI is InChI=1S/C18H25N7O/c1-13(12-25-15(3)9-14(2)24-25)11-23-18(26)22-8-7-21-17-16(10-19)5-4-6-20-17/h4-6,9,13H,7-8,11-12H2,1-3H3,(H,20,21)(H2,22,23,26). The fourth-order valence-corrected chi connectivity index (χ4v) is 2.54. The smallest absolute Gasteiger partial charge is 0.314 e. The lowest BCUT2D eigenvalue weighted by atomic mass is 10.2. The molecule has 2 amide bonds. The van der Waals surface area contributed by atoms with Gasteiger partial charge >= 0.3 is 6.03 Å². The molecule has 2 rings (SSSR count). The summed E-state index contributed by atoms with van der Waals surface area (Å²) < 4.78 is 1.96. The summed E-state index contributed by atoms with van der Waals surface area (Å²) in [5.41, 5.74) is 2.60. The van der Waals surface area contributed by atoms with Crippen molar-refractivity contribution in [2.24, 2.45) is 5.92 Å². The van der Waals surface area contributed by atoms with E-state index in [2.05, 4.69) is 39.0 Å². The summed E-state index contributed by atoms with van der Waals surface area (Å²) in [5.74, 6) is 0.791. The summed E-state index contributed by atoms with van der Waals surface area (Å²) in [6, 6.07) is 7.30. The van der Waals surface area contributed by atoms with Crippen molar-refractivity contribution in [3.05, 3.63) is 41.3 Å².